The second kappa shape index (κ2) is 13.9. The maximum atomic E-state index is 11.7. The van der Waals surface area contributed by atoms with Gasteiger partial charge >= 0.3 is 0 Å². The first-order chi connectivity index (χ1) is 12.1. The molecule has 0 radical (unpaired) electrons. The molecule has 0 aliphatic carbocycles. The highest BCUT2D eigenvalue weighted by atomic mass is 16.5. The third-order valence-corrected chi connectivity index (χ3v) is 4.10. The lowest BCUT2D eigenvalue weighted by Gasteiger charge is -2.22. The Kier molecular flexibility index (Phi) is 12.1. The van der Waals surface area contributed by atoms with Crippen LogP contribution in [0, 0.1) is 0 Å². The fourth-order valence-corrected chi connectivity index (χ4v) is 2.56. The number of carbonyl (C=O) groups excluding carboxylic acids is 1. The largest absolute Gasteiger partial charge is 0.382 e. The van der Waals surface area contributed by atoms with Crippen LogP contribution in [0.5, 0.6) is 0 Å². The quantitative estimate of drug-likeness (QED) is 0.332. The van der Waals surface area contributed by atoms with E-state index in [-0.39, 0.29) is 12.5 Å². The topological polar surface area (TPSA) is 75.2 Å². The minimum absolute atomic E-state index is 0.00831. The molecule has 0 spiro atoms. The molecule has 1 heterocycles. The molecule has 1 amide bonds. The number of nitrogens with zero attached hydrogens (tertiary/aromatic N) is 2. The molecule has 1 rings (SSSR count). The van der Waals surface area contributed by atoms with Gasteiger partial charge in [0.2, 0.25) is 5.91 Å². The molecular weight excluding hydrogens is 320 g/mol. The van der Waals surface area contributed by atoms with Gasteiger partial charge in [-0.1, -0.05) is 0 Å². The Morgan fingerprint density at radius 3 is 2.64 bits per heavy atom. The van der Waals surface area contributed by atoms with Gasteiger partial charge in [-0.25, -0.2) is 4.99 Å². The van der Waals surface area contributed by atoms with Gasteiger partial charge in [-0.05, 0) is 45.4 Å². The molecule has 0 aromatic rings. The molecule has 1 aliphatic heterocycles. The second-order valence-electron chi connectivity index (χ2n) is 6.49. The van der Waals surface area contributed by atoms with Crippen molar-refractivity contribution in [1.82, 2.24) is 15.5 Å². The molecule has 0 aromatic carbocycles. The smallest absolute Gasteiger partial charge is 0.243 e. The van der Waals surface area contributed by atoms with Crippen LogP contribution in [-0.2, 0) is 14.3 Å². The zero-order valence-electron chi connectivity index (χ0n) is 16.2. The number of nitrogens with one attached hydrogen (secondary N) is 2. The Morgan fingerprint density at radius 1 is 1.24 bits per heavy atom. The van der Waals surface area contributed by atoms with E-state index >= 15 is 0 Å². The lowest BCUT2D eigenvalue weighted by Crippen LogP contribution is -2.40. The Labute approximate surface area is 152 Å². The first-order valence-electron chi connectivity index (χ1n) is 9.55. The highest BCUT2D eigenvalue weighted by Gasteiger charge is 2.13. The van der Waals surface area contributed by atoms with Crippen molar-refractivity contribution < 1.29 is 14.3 Å². The van der Waals surface area contributed by atoms with Crippen molar-refractivity contribution in [3.8, 4) is 0 Å². The van der Waals surface area contributed by atoms with Crippen molar-refractivity contribution in [2.75, 3.05) is 53.6 Å². The fourth-order valence-electron chi connectivity index (χ4n) is 2.56. The third-order valence-electron chi connectivity index (χ3n) is 4.10. The molecule has 146 valence electrons. The molecule has 0 saturated carbocycles. The summed E-state index contributed by atoms with van der Waals surface area (Å²) in [7, 11) is 3.48. The molecule has 1 unspecified atom stereocenters. The number of rotatable bonds is 11. The van der Waals surface area contributed by atoms with Gasteiger partial charge in [0.15, 0.2) is 5.96 Å². The standard InChI is InChI=1S/C18H36N4O3/c1-4-24-13-8-12-20-18(21-15-17(23)22(2)3)19-11-7-10-16-9-5-6-14-25-16/h16H,4-15H2,1-3H3,(H2,19,20,21). The van der Waals surface area contributed by atoms with Gasteiger partial charge < -0.3 is 25.0 Å². The first-order valence-corrected chi connectivity index (χ1v) is 9.55. The van der Waals surface area contributed by atoms with Crippen molar-refractivity contribution in [3.05, 3.63) is 0 Å². The minimum Gasteiger partial charge on any atom is -0.382 e. The maximum Gasteiger partial charge on any atom is 0.243 e. The monoisotopic (exact) mass is 356 g/mol. The highest BCUT2D eigenvalue weighted by molar-refractivity contribution is 5.84. The highest BCUT2D eigenvalue weighted by Crippen LogP contribution is 2.16. The predicted molar refractivity (Wildman–Crippen MR) is 101 cm³/mol. The number of carbonyl (C=O) groups is 1. The van der Waals surface area contributed by atoms with Crippen LogP contribution in [0.25, 0.3) is 0 Å². The van der Waals surface area contributed by atoms with Crippen molar-refractivity contribution in [2.24, 2.45) is 4.99 Å². The van der Waals surface area contributed by atoms with E-state index in [9.17, 15) is 4.79 Å². The number of ether oxygens (including phenoxy) is 2. The first kappa shape index (κ1) is 21.7. The van der Waals surface area contributed by atoms with Crippen LogP contribution in [0.3, 0.4) is 0 Å². The zero-order chi connectivity index (χ0) is 18.3. The van der Waals surface area contributed by atoms with Crippen molar-refractivity contribution in [1.29, 1.82) is 0 Å². The summed E-state index contributed by atoms with van der Waals surface area (Å²) in [5.41, 5.74) is 0. The van der Waals surface area contributed by atoms with E-state index in [4.69, 9.17) is 9.47 Å². The van der Waals surface area contributed by atoms with Gasteiger partial charge in [-0.3, -0.25) is 4.79 Å². The summed E-state index contributed by atoms with van der Waals surface area (Å²) in [5.74, 6) is 0.683. The average molecular weight is 357 g/mol. The van der Waals surface area contributed by atoms with Gasteiger partial charge in [0, 0.05) is 47.0 Å². The number of guanidine groups is 1. The summed E-state index contributed by atoms with van der Waals surface area (Å²) in [4.78, 5) is 17.7. The van der Waals surface area contributed by atoms with Gasteiger partial charge in [-0.2, -0.15) is 0 Å². The van der Waals surface area contributed by atoms with E-state index in [0.717, 1.165) is 52.2 Å². The van der Waals surface area contributed by atoms with Crippen molar-refractivity contribution >= 4 is 11.9 Å². The Bertz CT molecular complexity index is 383. The van der Waals surface area contributed by atoms with E-state index in [0.29, 0.717) is 12.1 Å². The lowest BCUT2D eigenvalue weighted by atomic mass is 10.0. The molecule has 1 saturated heterocycles. The predicted octanol–water partition coefficient (Wildman–Crippen LogP) is 1.39. The molecule has 0 aromatic heterocycles. The van der Waals surface area contributed by atoms with E-state index in [1.807, 2.05) is 6.92 Å². The summed E-state index contributed by atoms with van der Waals surface area (Å²) in [5, 5.41) is 6.58. The second-order valence-corrected chi connectivity index (χ2v) is 6.49. The average Bonchev–Trinajstić information content (AvgIpc) is 2.62. The molecule has 1 fully saturated rings. The van der Waals surface area contributed by atoms with Crippen LogP contribution in [0.15, 0.2) is 4.99 Å². The molecule has 25 heavy (non-hydrogen) atoms. The Morgan fingerprint density at radius 2 is 2.00 bits per heavy atom. The number of likely N-dealkylation sites (N-methyl/N-ethyl adjacent to an activating group) is 1. The normalized spacial score (nSPS) is 18.0. The van der Waals surface area contributed by atoms with Crippen molar-refractivity contribution in [2.45, 2.75) is 51.6 Å². The molecule has 7 nitrogen and oxygen atoms in total. The number of hydrogen-bond donors (Lipinski definition) is 2. The van der Waals surface area contributed by atoms with E-state index < -0.39 is 0 Å². The van der Waals surface area contributed by atoms with Crippen LogP contribution in [0.2, 0.25) is 0 Å². The molecule has 2 N–H and O–H groups in total. The summed E-state index contributed by atoms with van der Waals surface area (Å²) in [6.07, 6.45) is 7.06. The Hall–Kier alpha value is -1.34. The summed E-state index contributed by atoms with van der Waals surface area (Å²) in [6, 6.07) is 0. The van der Waals surface area contributed by atoms with Crippen molar-refractivity contribution in [3.63, 3.8) is 0 Å². The molecule has 1 atom stereocenters. The number of hydrogen-bond acceptors (Lipinski definition) is 4. The zero-order valence-corrected chi connectivity index (χ0v) is 16.2. The molecule has 1 aliphatic rings. The van der Waals surface area contributed by atoms with Gasteiger partial charge in [0.25, 0.3) is 0 Å². The van der Waals surface area contributed by atoms with Gasteiger partial charge in [0.1, 0.15) is 6.54 Å². The van der Waals surface area contributed by atoms with Gasteiger partial charge in [0.05, 0.1) is 6.10 Å². The van der Waals surface area contributed by atoms with E-state index in [2.05, 4.69) is 15.6 Å². The van der Waals surface area contributed by atoms with Crippen LogP contribution in [0.4, 0.5) is 0 Å². The maximum absolute atomic E-state index is 11.7. The molecule has 7 heteroatoms. The summed E-state index contributed by atoms with van der Waals surface area (Å²) < 4.78 is 11.1. The fraction of sp³-hybridized carbons (Fsp3) is 0.889. The number of aliphatic imine (C=N–C) groups is 1. The Balaban J connectivity index is 2.29. The number of amides is 1. The van der Waals surface area contributed by atoms with Crippen LogP contribution in [0.1, 0.15) is 45.4 Å². The summed E-state index contributed by atoms with van der Waals surface area (Å²) >= 11 is 0. The summed E-state index contributed by atoms with van der Waals surface area (Å²) in [6.45, 7) is 6.11. The van der Waals surface area contributed by atoms with Crippen LogP contribution < -0.4 is 10.6 Å². The van der Waals surface area contributed by atoms with Crippen LogP contribution >= 0.6 is 0 Å². The van der Waals surface area contributed by atoms with Gasteiger partial charge in [-0.15, -0.1) is 0 Å². The molecular formula is C18H36N4O3. The molecule has 0 bridgehead atoms. The van der Waals surface area contributed by atoms with Crippen LogP contribution in [-0.4, -0.2) is 76.4 Å². The van der Waals surface area contributed by atoms with E-state index in [1.165, 1.54) is 19.3 Å². The SMILES string of the molecule is CCOCCCNC(=NCC(=O)N(C)C)NCCCC1CCCCO1. The third kappa shape index (κ3) is 11.0. The van der Waals surface area contributed by atoms with E-state index in [1.54, 1.807) is 19.0 Å². The lowest BCUT2D eigenvalue weighted by molar-refractivity contribution is -0.127. The minimum atomic E-state index is -0.00831.